The molecule has 0 saturated carbocycles. The Morgan fingerprint density at radius 1 is 1.17 bits per heavy atom. The molecule has 1 aliphatic rings. The fraction of sp³-hybridized carbons (Fsp3) is 0.333. The molecular weight excluding hydrogens is 425 g/mol. The van der Waals surface area contributed by atoms with Gasteiger partial charge in [0.2, 0.25) is 10.0 Å². The minimum Gasteiger partial charge on any atom is -0.319 e. The Morgan fingerprint density at radius 3 is 2.60 bits per heavy atom. The van der Waals surface area contributed by atoms with Crippen molar-refractivity contribution < 1.29 is 17.6 Å². The third kappa shape index (κ3) is 3.84. The molecule has 4 rings (SSSR count). The maximum absolute atomic E-state index is 13.4. The minimum atomic E-state index is -3.59. The molecule has 0 spiro atoms. The Labute approximate surface area is 178 Å². The van der Waals surface area contributed by atoms with E-state index in [1.807, 2.05) is 6.92 Å². The van der Waals surface area contributed by atoms with E-state index in [1.54, 1.807) is 17.7 Å². The number of nitrogens with zero attached hydrogens (tertiary/aromatic N) is 3. The maximum atomic E-state index is 13.4. The van der Waals surface area contributed by atoms with Crippen LogP contribution < -0.4 is 4.80 Å². The number of fused-ring (bicyclic) bond motifs is 1. The first-order valence-electron chi connectivity index (χ1n) is 9.73. The van der Waals surface area contributed by atoms with Gasteiger partial charge in [0.1, 0.15) is 5.82 Å². The van der Waals surface area contributed by atoms with Crippen molar-refractivity contribution in [3.63, 3.8) is 0 Å². The molecule has 1 fully saturated rings. The molecule has 1 aromatic heterocycles. The number of thiazole rings is 1. The second-order valence-electron chi connectivity index (χ2n) is 7.46. The van der Waals surface area contributed by atoms with E-state index in [-0.39, 0.29) is 16.8 Å². The third-order valence-corrected chi connectivity index (χ3v) is 8.54. The highest BCUT2D eigenvalue weighted by atomic mass is 32.2. The number of hydrogen-bond acceptors (Lipinski definition) is 4. The van der Waals surface area contributed by atoms with Crippen LogP contribution in [0, 0.1) is 5.82 Å². The molecule has 1 saturated heterocycles. The van der Waals surface area contributed by atoms with Crippen LogP contribution in [0.3, 0.4) is 0 Å². The van der Waals surface area contributed by atoms with Crippen LogP contribution in [0.25, 0.3) is 10.2 Å². The zero-order valence-electron chi connectivity index (χ0n) is 16.7. The number of carbonyl (C=O) groups is 1. The average molecular weight is 448 g/mol. The Balaban J connectivity index is 1.62. The van der Waals surface area contributed by atoms with Crippen molar-refractivity contribution in [3.8, 4) is 0 Å². The maximum Gasteiger partial charge on any atom is 0.279 e. The summed E-state index contributed by atoms with van der Waals surface area (Å²) < 4.78 is 43.3. The van der Waals surface area contributed by atoms with Crippen molar-refractivity contribution in [2.75, 3.05) is 6.54 Å². The van der Waals surface area contributed by atoms with Crippen LogP contribution in [0.5, 0.6) is 0 Å². The first kappa shape index (κ1) is 20.9. The highest BCUT2D eigenvalue weighted by Crippen LogP contribution is 2.25. The summed E-state index contributed by atoms with van der Waals surface area (Å²) >= 11 is 1.22. The molecule has 2 heterocycles. The van der Waals surface area contributed by atoms with E-state index < -0.39 is 15.9 Å². The SMILES string of the molecule is C[C@H]1CCCCN1S(=O)(=O)c1ccc(C(=O)N=c2sc3cc(F)ccc3n2C)cc1. The summed E-state index contributed by atoms with van der Waals surface area (Å²) in [7, 11) is -1.82. The summed E-state index contributed by atoms with van der Waals surface area (Å²) in [6.07, 6.45) is 2.74. The highest BCUT2D eigenvalue weighted by molar-refractivity contribution is 7.89. The second kappa shape index (κ2) is 8.05. The molecule has 30 heavy (non-hydrogen) atoms. The number of sulfonamides is 1. The summed E-state index contributed by atoms with van der Waals surface area (Å²) in [5.41, 5.74) is 1.08. The van der Waals surface area contributed by atoms with Gasteiger partial charge in [0, 0.05) is 25.2 Å². The van der Waals surface area contributed by atoms with Crippen molar-refractivity contribution in [2.24, 2.45) is 12.0 Å². The van der Waals surface area contributed by atoms with E-state index in [2.05, 4.69) is 4.99 Å². The van der Waals surface area contributed by atoms with E-state index in [1.165, 1.54) is 52.0 Å². The molecule has 158 valence electrons. The number of piperidine rings is 1. The lowest BCUT2D eigenvalue weighted by Crippen LogP contribution is -2.41. The minimum absolute atomic E-state index is 0.0298. The van der Waals surface area contributed by atoms with Gasteiger partial charge in [0.15, 0.2) is 4.80 Å². The van der Waals surface area contributed by atoms with Crippen molar-refractivity contribution >= 4 is 37.5 Å². The molecule has 2 aromatic carbocycles. The Hall–Kier alpha value is -2.36. The van der Waals surface area contributed by atoms with Crippen LogP contribution in [0.2, 0.25) is 0 Å². The molecule has 3 aromatic rings. The second-order valence-corrected chi connectivity index (χ2v) is 10.4. The summed E-state index contributed by atoms with van der Waals surface area (Å²) in [6, 6.07) is 10.3. The normalized spacial score (nSPS) is 18.8. The van der Waals surface area contributed by atoms with Gasteiger partial charge < -0.3 is 4.57 Å². The van der Waals surface area contributed by atoms with Gasteiger partial charge in [-0.2, -0.15) is 9.30 Å². The van der Waals surface area contributed by atoms with Crippen LogP contribution in [-0.2, 0) is 17.1 Å². The van der Waals surface area contributed by atoms with Crippen molar-refractivity contribution in [2.45, 2.75) is 37.1 Å². The van der Waals surface area contributed by atoms with Crippen molar-refractivity contribution in [3.05, 3.63) is 58.6 Å². The first-order chi connectivity index (χ1) is 14.3. The van der Waals surface area contributed by atoms with Gasteiger partial charge in [-0.05, 0) is 62.2 Å². The van der Waals surface area contributed by atoms with Crippen LogP contribution >= 0.6 is 11.3 Å². The molecule has 0 aliphatic carbocycles. The number of halogens is 1. The van der Waals surface area contributed by atoms with E-state index >= 15 is 0 Å². The number of hydrogen-bond donors (Lipinski definition) is 0. The molecule has 0 N–H and O–H groups in total. The monoisotopic (exact) mass is 447 g/mol. The fourth-order valence-corrected chi connectivity index (χ4v) is 6.44. The van der Waals surface area contributed by atoms with E-state index in [0.29, 0.717) is 21.6 Å². The van der Waals surface area contributed by atoms with Gasteiger partial charge in [-0.15, -0.1) is 0 Å². The van der Waals surface area contributed by atoms with Crippen LogP contribution in [-0.4, -0.2) is 35.8 Å². The van der Waals surface area contributed by atoms with Gasteiger partial charge in [-0.25, -0.2) is 12.8 Å². The molecule has 1 amide bonds. The average Bonchev–Trinajstić information content (AvgIpc) is 3.02. The van der Waals surface area contributed by atoms with Gasteiger partial charge >= 0.3 is 0 Å². The lowest BCUT2D eigenvalue weighted by Gasteiger charge is -2.32. The molecule has 1 aliphatic heterocycles. The number of aryl methyl sites for hydroxylation is 1. The Bertz CT molecular complexity index is 1280. The first-order valence-corrected chi connectivity index (χ1v) is 12.0. The highest BCUT2D eigenvalue weighted by Gasteiger charge is 2.30. The van der Waals surface area contributed by atoms with Gasteiger partial charge in [0.25, 0.3) is 5.91 Å². The van der Waals surface area contributed by atoms with Gasteiger partial charge in [-0.1, -0.05) is 17.8 Å². The smallest absolute Gasteiger partial charge is 0.279 e. The molecule has 1 atom stereocenters. The number of benzene rings is 2. The largest absolute Gasteiger partial charge is 0.319 e. The zero-order valence-corrected chi connectivity index (χ0v) is 18.3. The quantitative estimate of drug-likeness (QED) is 0.615. The number of rotatable bonds is 3. The van der Waals surface area contributed by atoms with E-state index in [4.69, 9.17) is 0 Å². The lowest BCUT2D eigenvalue weighted by molar-refractivity contribution is 0.0998. The number of aromatic nitrogens is 1. The van der Waals surface area contributed by atoms with Crippen LogP contribution in [0.15, 0.2) is 52.4 Å². The zero-order chi connectivity index (χ0) is 21.5. The van der Waals surface area contributed by atoms with Crippen molar-refractivity contribution in [1.29, 1.82) is 0 Å². The predicted molar refractivity (Wildman–Crippen MR) is 114 cm³/mol. The fourth-order valence-electron chi connectivity index (χ4n) is 3.70. The lowest BCUT2D eigenvalue weighted by atomic mass is 10.1. The summed E-state index contributed by atoms with van der Waals surface area (Å²) in [5, 5.41) is 0. The molecule has 6 nitrogen and oxygen atoms in total. The standard InChI is InChI=1S/C21H22FN3O3S2/c1-14-5-3-4-12-25(14)30(27,28)17-9-6-15(7-10-17)20(26)23-21-24(2)18-11-8-16(22)13-19(18)29-21/h6-11,13-14H,3-5,12H2,1-2H3/t14-/m0/s1. The van der Waals surface area contributed by atoms with Crippen molar-refractivity contribution in [1.82, 2.24) is 8.87 Å². The van der Waals surface area contributed by atoms with E-state index in [0.717, 1.165) is 24.8 Å². The van der Waals surface area contributed by atoms with Gasteiger partial charge in [-0.3, -0.25) is 4.79 Å². The Kier molecular flexibility index (Phi) is 5.61. The number of amides is 1. The third-order valence-electron chi connectivity index (χ3n) is 5.42. The molecule has 9 heteroatoms. The van der Waals surface area contributed by atoms with E-state index in [9.17, 15) is 17.6 Å². The molecule has 0 bridgehead atoms. The predicted octanol–water partition coefficient (Wildman–Crippen LogP) is 3.68. The molecule has 0 unspecified atom stereocenters. The van der Waals surface area contributed by atoms with Crippen LogP contribution in [0.4, 0.5) is 4.39 Å². The summed E-state index contributed by atoms with van der Waals surface area (Å²) in [5.74, 6) is -0.824. The summed E-state index contributed by atoms with van der Waals surface area (Å²) in [4.78, 5) is 17.4. The molecule has 0 radical (unpaired) electrons. The van der Waals surface area contributed by atoms with Crippen LogP contribution in [0.1, 0.15) is 36.5 Å². The number of carbonyl (C=O) groups excluding carboxylic acids is 1. The summed E-state index contributed by atoms with van der Waals surface area (Å²) in [6.45, 7) is 2.44. The van der Waals surface area contributed by atoms with Gasteiger partial charge in [0.05, 0.1) is 15.1 Å². The topological polar surface area (TPSA) is 71.7 Å². The molecular formula is C21H22FN3O3S2. The Morgan fingerprint density at radius 2 is 1.90 bits per heavy atom.